The minimum absolute atomic E-state index is 0.226. The molecule has 0 spiro atoms. The molecule has 0 aliphatic rings. The molecule has 106 valence electrons. The van der Waals surface area contributed by atoms with Gasteiger partial charge in [-0.2, -0.15) is 0 Å². The van der Waals surface area contributed by atoms with Crippen LogP contribution in [0.3, 0.4) is 0 Å². The van der Waals surface area contributed by atoms with Gasteiger partial charge in [0.2, 0.25) is 0 Å². The Bertz CT molecular complexity index is 817. The van der Waals surface area contributed by atoms with Gasteiger partial charge in [0.05, 0.1) is 11.2 Å². The molecule has 2 heterocycles. The maximum atomic E-state index is 13.9. The van der Waals surface area contributed by atoms with E-state index in [0.29, 0.717) is 21.2 Å². The zero-order valence-corrected chi connectivity index (χ0v) is 13.5. The molecule has 0 unspecified atom stereocenters. The van der Waals surface area contributed by atoms with Gasteiger partial charge in [-0.05, 0) is 40.2 Å². The highest BCUT2D eigenvalue weighted by Crippen LogP contribution is 2.29. The predicted molar refractivity (Wildman–Crippen MR) is 84.6 cm³/mol. The number of hydrogen-bond acceptors (Lipinski definition) is 3. The smallest absolute Gasteiger partial charge is 0.150 e. The average molecular weight is 415 g/mol. The summed E-state index contributed by atoms with van der Waals surface area (Å²) < 4.78 is 28.9. The molecule has 0 saturated carbocycles. The lowest BCUT2D eigenvalue weighted by atomic mass is 10.2. The molecule has 21 heavy (non-hydrogen) atoms. The maximum Gasteiger partial charge on any atom is 0.150 e. The second-order valence-electron chi connectivity index (χ2n) is 4.25. The number of fused-ring (bicyclic) bond motifs is 1. The quantitative estimate of drug-likeness (QED) is 0.628. The summed E-state index contributed by atoms with van der Waals surface area (Å²) >= 11 is 6.35. The molecule has 0 saturated heterocycles. The second-order valence-corrected chi connectivity index (χ2v) is 6.08. The van der Waals surface area contributed by atoms with Gasteiger partial charge < -0.3 is 5.32 Å². The third kappa shape index (κ3) is 2.89. The molecule has 0 amide bonds. The molecular formula is C14H7Br2F2N3. The summed E-state index contributed by atoms with van der Waals surface area (Å²) in [6, 6.07) is 5.78. The fourth-order valence-electron chi connectivity index (χ4n) is 1.90. The Morgan fingerprint density at radius 1 is 0.952 bits per heavy atom. The van der Waals surface area contributed by atoms with Crippen LogP contribution in [0.15, 0.2) is 45.6 Å². The lowest BCUT2D eigenvalue weighted by Crippen LogP contribution is -1.99. The van der Waals surface area contributed by atoms with Crippen molar-refractivity contribution in [1.82, 2.24) is 9.97 Å². The van der Waals surface area contributed by atoms with Crippen molar-refractivity contribution >= 4 is 54.3 Å². The predicted octanol–water partition coefficient (Wildman–Crippen LogP) is 5.18. The lowest BCUT2D eigenvalue weighted by molar-refractivity contribution is 0.589. The van der Waals surface area contributed by atoms with Crippen LogP contribution in [0, 0.1) is 11.6 Å². The van der Waals surface area contributed by atoms with E-state index in [4.69, 9.17) is 0 Å². The highest BCUT2D eigenvalue weighted by atomic mass is 79.9. The summed E-state index contributed by atoms with van der Waals surface area (Å²) in [5.41, 5.74) is 1.40. The Morgan fingerprint density at radius 2 is 1.67 bits per heavy atom. The van der Waals surface area contributed by atoms with Crippen LogP contribution in [-0.4, -0.2) is 9.97 Å². The summed E-state index contributed by atoms with van der Waals surface area (Å²) in [6.45, 7) is 0. The van der Waals surface area contributed by atoms with Gasteiger partial charge in [-0.1, -0.05) is 15.9 Å². The van der Waals surface area contributed by atoms with Crippen LogP contribution in [0.4, 0.5) is 20.2 Å². The molecule has 3 nitrogen and oxygen atoms in total. The first kappa shape index (κ1) is 14.3. The maximum absolute atomic E-state index is 13.9. The topological polar surface area (TPSA) is 37.8 Å². The van der Waals surface area contributed by atoms with E-state index in [1.54, 1.807) is 24.5 Å². The first-order valence-corrected chi connectivity index (χ1v) is 7.45. The van der Waals surface area contributed by atoms with Crippen LogP contribution < -0.4 is 5.32 Å². The molecule has 7 heteroatoms. The van der Waals surface area contributed by atoms with E-state index in [1.165, 1.54) is 12.1 Å². The Morgan fingerprint density at radius 3 is 2.38 bits per heavy atom. The van der Waals surface area contributed by atoms with E-state index < -0.39 is 11.6 Å². The number of hydrogen-bond donors (Lipinski definition) is 1. The molecule has 0 bridgehead atoms. The fraction of sp³-hybridized carbons (Fsp3) is 0. The molecule has 0 fully saturated rings. The van der Waals surface area contributed by atoms with E-state index in [1.807, 2.05) is 0 Å². The summed E-state index contributed by atoms with van der Waals surface area (Å²) in [6.07, 6.45) is 3.15. The lowest BCUT2D eigenvalue weighted by Gasteiger charge is -2.11. The number of halogens is 4. The molecular weight excluding hydrogens is 408 g/mol. The molecule has 3 aromatic rings. The highest BCUT2D eigenvalue weighted by molar-refractivity contribution is 9.10. The van der Waals surface area contributed by atoms with Gasteiger partial charge in [-0.15, -0.1) is 0 Å². The van der Waals surface area contributed by atoms with Gasteiger partial charge in [0.15, 0.2) is 11.6 Å². The third-order valence-corrected chi connectivity index (χ3v) is 3.70. The second kappa shape index (κ2) is 5.65. The Hall–Kier alpha value is -1.60. The zero-order chi connectivity index (χ0) is 15.0. The van der Waals surface area contributed by atoms with Gasteiger partial charge in [0, 0.05) is 21.3 Å². The van der Waals surface area contributed by atoms with Crippen LogP contribution in [-0.2, 0) is 0 Å². The number of nitrogens with one attached hydrogen (secondary N) is 1. The van der Waals surface area contributed by atoms with Crippen molar-refractivity contribution in [2.75, 3.05) is 5.32 Å². The van der Waals surface area contributed by atoms with Gasteiger partial charge in [-0.25, -0.2) is 8.78 Å². The summed E-state index contributed by atoms with van der Waals surface area (Å²) in [7, 11) is 0. The Kier molecular flexibility index (Phi) is 3.86. The molecule has 1 aromatic carbocycles. The van der Waals surface area contributed by atoms with Gasteiger partial charge in [0.1, 0.15) is 11.2 Å². The van der Waals surface area contributed by atoms with E-state index >= 15 is 0 Å². The minimum Gasteiger partial charge on any atom is -0.349 e. The summed E-state index contributed by atoms with van der Waals surface area (Å²) in [5, 5.41) is 2.74. The van der Waals surface area contributed by atoms with Crippen molar-refractivity contribution in [2.45, 2.75) is 0 Å². The van der Waals surface area contributed by atoms with Crippen LogP contribution in [0.1, 0.15) is 0 Å². The molecule has 0 aliphatic carbocycles. The fourth-order valence-corrected chi connectivity index (χ4v) is 2.62. The zero-order valence-electron chi connectivity index (χ0n) is 10.4. The summed E-state index contributed by atoms with van der Waals surface area (Å²) in [4.78, 5) is 8.40. The Labute approximate surface area is 135 Å². The number of rotatable bonds is 2. The molecule has 0 aliphatic heterocycles. The number of anilines is 2. The van der Waals surface area contributed by atoms with Crippen molar-refractivity contribution in [2.24, 2.45) is 0 Å². The van der Waals surface area contributed by atoms with Gasteiger partial charge >= 0.3 is 0 Å². The van der Waals surface area contributed by atoms with Crippen molar-refractivity contribution < 1.29 is 8.78 Å². The standard InChI is InChI=1S/C14H7Br2F2N3/c15-7-3-9(17)13(10(18)4-7)21-11-1-2-19-12-5-8(16)6-20-14(11)12/h1-6H,(H,19,21). The van der Waals surface area contributed by atoms with Crippen molar-refractivity contribution in [1.29, 1.82) is 0 Å². The first-order valence-electron chi connectivity index (χ1n) is 5.86. The number of aromatic nitrogens is 2. The summed E-state index contributed by atoms with van der Waals surface area (Å²) in [5.74, 6) is -1.38. The largest absolute Gasteiger partial charge is 0.349 e. The minimum atomic E-state index is -0.691. The normalized spacial score (nSPS) is 10.9. The van der Waals surface area contributed by atoms with E-state index in [-0.39, 0.29) is 5.69 Å². The molecule has 0 atom stereocenters. The number of pyridine rings is 2. The van der Waals surface area contributed by atoms with Crippen LogP contribution in [0.25, 0.3) is 11.0 Å². The van der Waals surface area contributed by atoms with Crippen LogP contribution in [0.2, 0.25) is 0 Å². The van der Waals surface area contributed by atoms with Crippen LogP contribution in [0.5, 0.6) is 0 Å². The van der Waals surface area contributed by atoms with E-state index in [2.05, 4.69) is 47.1 Å². The van der Waals surface area contributed by atoms with Crippen molar-refractivity contribution in [3.8, 4) is 0 Å². The number of benzene rings is 1. The average Bonchev–Trinajstić information content (AvgIpc) is 2.42. The van der Waals surface area contributed by atoms with Crippen molar-refractivity contribution in [3.63, 3.8) is 0 Å². The van der Waals surface area contributed by atoms with Crippen molar-refractivity contribution in [3.05, 3.63) is 57.2 Å². The van der Waals surface area contributed by atoms with E-state index in [0.717, 1.165) is 4.47 Å². The molecule has 2 aromatic heterocycles. The van der Waals surface area contributed by atoms with Gasteiger partial charge in [0.25, 0.3) is 0 Å². The Balaban J connectivity index is 2.11. The van der Waals surface area contributed by atoms with Gasteiger partial charge in [-0.3, -0.25) is 9.97 Å². The highest BCUT2D eigenvalue weighted by Gasteiger charge is 2.13. The molecule has 3 rings (SSSR count). The third-order valence-electron chi connectivity index (χ3n) is 2.81. The molecule has 1 N–H and O–H groups in total. The van der Waals surface area contributed by atoms with Crippen LogP contribution >= 0.6 is 31.9 Å². The van der Waals surface area contributed by atoms with E-state index in [9.17, 15) is 8.78 Å². The number of nitrogens with zero attached hydrogens (tertiary/aromatic N) is 2. The monoisotopic (exact) mass is 413 g/mol. The molecule has 0 radical (unpaired) electrons. The first-order chi connectivity index (χ1) is 10.0. The SMILES string of the molecule is Fc1cc(Br)cc(F)c1Nc1ccnc2cc(Br)cnc12.